The van der Waals surface area contributed by atoms with E-state index in [0.29, 0.717) is 12.2 Å². The maximum atomic E-state index is 12.8. The van der Waals surface area contributed by atoms with Crippen molar-refractivity contribution in [2.24, 2.45) is 0 Å². The number of hydrogen-bond donors (Lipinski definition) is 1. The third-order valence-electron chi connectivity index (χ3n) is 5.73. The lowest BCUT2D eigenvalue weighted by atomic mass is 9.61. The predicted molar refractivity (Wildman–Crippen MR) is 107 cm³/mol. The van der Waals surface area contributed by atoms with Gasteiger partial charge in [-0.3, -0.25) is 9.88 Å². The van der Waals surface area contributed by atoms with Crippen molar-refractivity contribution in [2.75, 3.05) is 16.8 Å². The van der Waals surface area contributed by atoms with Crippen LogP contribution in [0.4, 0.5) is 16.2 Å². The topological polar surface area (TPSA) is 69.0 Å². The summed E-state index contributed by atoms with van der Waals surface area (Å²) >= 11 is 0. The van der Waals surface area contributed by atoms with Gasteiger partial charge in [-0.25, -0.2) is 4.79 Å². The van der Waals surface area contributed by atoms with Gasteiger partial charge in [-0.1, -0.05) is 36.4 Å². The molecule has 0 fully saturated rings. The van der Waals surface area contributed by atoms with Crippen LogP contribution < -0.4 is 10.2 Å². The Labute approximate surface area is 163 Å². The smallest absolute Gasteiger partial charge is 0.306 e. The van der Waals surface area contributed by atoms with Gasteiger partial charge < -0.3 is 5.32 Å². The Hall–Kier alpha value is -3.65. The highest BCUT2D eigenvalue weighted by atomic mass is 16.2. The summed E-state index contributed by atoms with van der Waals surface area (Å²) in [5, 5.41) is 12.9. The summed E-state index contributed by atoms with van der Waals surface area (Å²) in [5.41, 5.74) is 5.34. The number of rotatable bonds is 2. The summed E-state index contributed by atoms with van der Waals surface area (Å²) in [4.78, 5) is 18.6. The lowest BCUT2D eigenvalue weighted by molar-refractivity contribution is 0.257. The number of nitrogens with one attached hydrogen (secondary N) is 1. The molecule has 0 radical (unpaired) electrons. The van der Waals surface area contributed by atoms with Gasteiger partial charge in [0, 0.05) is 18.4 Å². The van der Waals surface area contributed by atoms with Crippen molar-refractivity contribution >= 4 is 17.4 Å². The van der Waals surface area contributed by atoms with E-state index in [1.54, 1.807) is 23.4 Å². The highest BCUT2D eigenvalue weighted by Crippen LogP contribution is 2.49. The molecule has 0 spiro atoms. The molecule has 2 amide bonds. The minimum absolute atomic E-state index is 0.173. The van der Waals surface area contributed by atoms with Crippen molar-refractivity contribution in [3.05, 3.63) is 89.2 Å². The summed E-state index contributed by atoms with van der Waals surface area (Å²) in [6, 6.07) is 20.1. The summed E-state index contributed by atoms with van der Waals surface area (Å²) in [6.07, 6.45) is 4.85. The van der Waals surface area contributed by atoms with Gasteiger partial charge in [-0.2, -0.15) is 5.26 Å². The van der Waals surface area contributed by atoms with E-state index in [1.807, 2.05) is 42.5 Å². The van der Waals surface area contributed by atoms with Crippen molar-refractivity contribution in [3.8, 4) is 6.07 Å². The molecule has 1 N–H and O–H groups in total. The predicted octanol–water partition coefficient (Wildman–Crippen LogP) is 4.04. The zero-order chi connectivity index (χ0) is 19.1. The molecule has 5 nitrogen and oxygen atoms in total. The fourth-order valence-corrected chi connectivity index (χ4v) is 4.29. The summed E-state index contributed by atoms with van der Waals surface area (Å²) < 4.78 is 0. The van der Waals surface area contributed by atoms with E-state index < -0.39 is 5.41 Å². The number of anilines is 2. The van der Waals surface area contributed by atoms with Crippen LogP contribution in [-0.4, -0.2) is 17.6 Å². The molecule has 1 atom stereocenters. The maximum absolute atomic E-state index is 12.8. The average Bonchev–Trinajstić information content (AvgIpc) is 3.14. The van der Waals surface area contributed by atoms with Crippen molar-refractivity contribution in [3.63, 3.8) is 0 Å². The molecule has 1 unspecified atom stereocenters. The third-order valence-corrected chi connectivity index (χ3v) is 5.73. The van der Waals surface area contributed by atoms with E-state index in [1.165, 1.54) is 11.1 Å². The maximum Gasteiger partial charge on any atom is 0.326 e. The van der Waals surface area contributed by atoms with Crippen LogP contribution in [0.15, 0.2) is 67.0 Å². The number of benzene rings is 2. The minimum atomic E-state index is -0.625. The minimum Gasteiger partial charge on any atom is -0.306 e. The van der Waals surface area contributed by atoms with Gasteiger partial charge >= 0.3 is 6.03 Å². The van der Waals surface area contributed by atoms with Crippen LogP contribution in [0, 0.1) is 11.3 Å². The van der Waals surface area contributed by atoms with Crippen LogP contribution in [0.25, 0.3) is 0 Å². The molecule has 3 aromatic rings. The van der Waals surface area contributed by atoms with E-state index in [-0.39, 0.29) is 6.03 Å². The molecule has 0 saturated heterocycles. The number of hydrogen-bond acceptors (Lipinski definition) is 3. The molecule has 28 heavy (non-hydrogen) atoms. The van der Waals surface area contributed by atoms with Crippen LogP contribution in [0.5, 0.6) is 0 Å². The summed E-state index contributed by atoms with van der Waals surface area (Å²) in [7, 11) is 0. The van der Waals surface area contributed by atoms with E-state index in [9.17, 15) is 10.1 Å². The van der Waals surface area contributed by atoms with Crippen LogP contribution in [0.3, 0.4) is 0 Å². The van der Waals surface area contributed by atoms with Gasteiger partial charge in [-0.05, 0) is 53.3 Å². The molecule has 1 aliphatic carbocycles. The van der Waals surface area contributed by atoms with Gasteiger partial charge in [-0.15, -0.1) is 0 Å². The quantitative estimate of drug-likeness (QED) is 0.744. The zero-order valence-corrected chi connectivity index (χ0v) is 15.2. The van der Waals surface area contributed by atoms with Gasteiger partial charge in [0.2, 0.25) is 0 Å². The second-order valence-electron chi connectivity index (χ2n) is 7.27. The molecule has 5 rings (SSSR count). The fraction of sp³-hybridized carbons (Fsp3) is 0.174. The van der Waals surface area contributed by atoms with Crippen molar-refractivity contribution in [1.82, 2.24) is 4.98 Å². The molecule has 2 aliphatic rings. The van der Waals surface area contributed by atoms with Crippen molar-refractivity contribution in [2.45, 2.75) is 18.3 Å². The van der Waals surface area contributed by atoms with Crippen molar-refractivity contribution < 1.29 is 4.79 Å². The lowest BCUT2D eigenvalue weighted by Gasteiger charge is -2.39. The van der Waals surface area contributed by atoms with Crippen LogP contribution in [0.1, 0.15) is 22.3 Å². The SMILES string of the molecule is N#CC1(c2ccccc2)Cc2cc3c(cc21)N(C(=O)Nc1cccnc1)CC3. The molecular formula is C23H18N4O. The van der Waals surface area contributed by atoms with Crippen molar-refractivity contribution in [1.29, 1.82) is 5.26 Å². The molecule has 2 heterocycles. The molecule has 0 bridgehead atoms. The molecule has 136 valence electrons. The number of nitriles is 1. The van der Waals surface area contributed by atoms with Gasteiger partial charge in [0.15, 0.2) is 0 Å². The second-order valence-corrected chi connectivity index (χ2v) is 7.27. The second kappa shape index (κ2) is 6.21. The van der Waals surface area contributed by atoms with Crippen LogP contribution in [0.2, 0.25) is 0 Å². The Balaban J connectivity index is 1.50. The lowest BCUT2D eigenvalue weighted by Crippen LogP contribution is -2.39. The molecule has 0 saturated carbocycles. The fourth-order valence-electron chi connectivity index (χ4n) is 4.29. The molecule has 1 aliphatic heterocycles. The van der Waals surface area contributed by atoms with Crippen LogP contribution >= 0.6 is 0 Å². The van der Waals surface area contributed by atoms with E-state index in [2.05, 4.69) is 22.4 Å². The highest BCUT2D eigenvalue weighted by molar-refractivity contribution is 6.03. The summed E-state index contributed by atoms with van der Waals surface area (Å²) in [5.74, 6) is 0. The van der Waals surface area contributed by atoms with Gasteiger partial charge in [0.25, 0.3) is 0 Å². The van der Waals surface area contributed by atoms with Crippen LogP contribution in [-0.2, 0) is 18.3 Å². The monoisotopic (exact) mass is 366 g/mol. The third kappa shape index (κ3) is 2.39. The zero-order valence-electron chi connectivity index (χ0n) is 15.2. The van der Waals surface area contributed by atoms with Gasteiger partial charge in [0.1, 0.15) is 5.41 Å². The Morgan fingerprint density at radius 3 is 2.75 bits per heavy atom. The number of carbonyl (C=O) groups is 1. The average molecular weight is 366 g/mol. The normalized spacial score (nSPS) is 19.2. The van der Waals surface area contributed by atoms with E-state index in [4.69, 9.17) is 0 Å². The number of aromatic nitrogens is 1. The number of carbonyl (C=O) groups excluding carboxylic acids is 1. The number of pyridine rings is 1. The first kappa shape index (κ1) is 16.5. The standard InChI is InChI=1S/C23H18N4O/c24-15-23(18-5-2-1-3-6-18)13-17-11-16-8-10-27(21(16)12-20(17)23)22(28)26-19-7-4-9-25-14-19/h1-7,9,11-12,14H,8,10,13H2,(H,26,28). The molecule has 5 heteroatoms. The molecule has 1 aromatic heterocycles. The Morgan fingerprint density at radius 2 is 2.00 bits per heavy atom. The van der Waals surface area contributed by atoms with Gasteiger partial charge in [0.05, 0.1) is 18.0 Å². The summed E-state index contributed by atoms with van der Waals surface area (Å²) in [6.45, 7) is 0.634. The first-order valence-corrected chi connectivity index (χ1v) is 9.33. The van der Waals surface area contributed by atoms with E-state index >= 15 is 0 Å². The number of amides is 2. The first-order chi connectivity index (χ1) is 13.7. The largest absolute Gasteiger partial charge is 0.326 e. The Kier molecular flexibility index (Phi) is 3.66. The first-order valence-electron chi connectivity index (χ1n) is 9.33. The number of nitrogens with zero attached hydrogens (tertiary/aromatic N) is 3. The number of fused-ring (bicyclic) bond motifs is 2. The number of urea groups is 1. The molecular weight excluding hydrogens is 348 g/mol. The highest BCUT2D eigenvalue weighted by Gasteiger charge is 2.46. The molecule has 2 aromatic carbocycles. The van der Waals surface area contributed by atoms with E-state index in [0.717, 1.165) is 29.7 Å². The Bertz CT molecular complexity index is 1100. The Morgan fingerprint density at radius 1 is 1.14 bits per heavy atom.